The van der Waals surface area contributed by atoms with Crippen molar-refractivity contribution >= 4 is 35.0 Å². The van der Waals surface area contributed by atoms with Crippen molar-refractivity contribution in [3.05, 3.63) is 16.8 Å². The van der Waals surface area contributed by atoms with Crippen LogP contribution in [0.1, 0.15) is 48.5 Å². The van der Waals surface area contributed by atoms with Gasteiger partial charge in [0, 0.05) is 16.8 Å². The van der Waals surface area contributed by atoms with Crippen LogP contribution in [0.15, 0.2) is 6.33 Å². The molecule has 4 rings (SSSR count). The van der Waals surface area contributed by atoms with Gasteiger partial charge in [0.2, 0.25) is 5.88 Å². The Balaban J connectivity index is 0.00000225. The Hall–Kier alpha value is -1.33. The second-order valence-corrected chi connectivity index (χ2v) is 8.85. The van der Waals surface area contributed by atoms with Gasteiger partial charge >= 0.3 is 0 Å². The summed E-state index contributed by atoms with van der Waals surface area (Å²) in [5.74, 6) is 3.67. The summed E-state index contributed by atoms with van der Waals surface area (Å²) in [4.78, 5) is 13.8. The molecule has 2 aliphatic carbocycles. The highest BCUT2D eigenvalue weighted by atomic mass is 32.1. The smallest absolute Gasteiger partial charge is 0.225 e. The van der Waals surface area contributed by atoms with Gasteiger partial charge in [-0.2, -0.15) is 13.5 Å². The largest absolute Gasteiger partial charge is 0.474 e. The van der Waals surface area contributed by atoms with E-state index in [0.717, 1.165) is 41.8 Å². The van der Waals surface area contributed by atoms with E-state index in [1.54, 1.807) is 17.7 Å². The molecule has 152 valence electrons. The molecule has 1 fully saturated rings. The average molecular weight is 420 g/mol. The molecule has 0 bridgehead atoms. The molecule has 0 aliphatic heterocycles. The van der Waals surface area contributed by atoms with E-state index in [9.17, 15) is 0 Å². The minimum Gasteiger partial charge on any atom is -0.474 e. The maximum atomic E-state index is 6.42. The van der Waals surface area contributed by atoms with Crippen LogP contribution in [-0.4, -0.2) is 54.3 Å². The van der Waals surface area contributed by atoms with E-state index in [1.807, 2.05) is 0 Å². The number of aromatic nitrogens is 2. The molecule has 28 heavy (non-hydrogen) atoms. The third kappa shape index (κ3) is 4.30. The van der Waals surface area contributed by atoms with E-state index in [0.29, 0.717) is 25.2 Å². The summed E-state index contributed by atoms with van der Waals surface area (Å²) >= 11 is 1.78. The number of fused-ring (bicyclic) bond motifs is 3. The van der Waals surface area contributed by atoms with Gasteiger partial charge in [-0.25, -0.2) is 9.97 Å². The van der Waals surface area contributed by atoms with Crippen molar-refractivity contribution in [3.63, 3.8) is 0 Å². The zero-order valence-electron chi connectivity index (χ0n) is 16.6. The predicted octanol–water partition coefficient (Wildman–Crippen LogP) is 3.74. The summed E-state index contributed by atoms with van der Waals surface area (Å²) in [5, 5.41) is 1.11. The molecule has 0 radical (unpaired) electrons. The van der Waals surface area contributed by atoms with Crippen molar-refractivity contribution in [2.24, 2.45) is 0 Å². The van der Waals surface area contributed by atoms with Crippen molar-refractivity contribution in [2.75, 3.05) is 27.3 Å². The van der Waals surface area contributed by atoms with Crippen LogP contribution in [0, 0.1) is 12.3 Å². The predicted molar refractivity (Wildman–Crippen MR) is 119 cm³/mol. The summed E-state index contributed by atoms with van der Waals surface area (Å²) in [7, 11) is 4.33. The molecule has 2 heterocycles. The SMILES string of the molecule is C#CCOC[C@H]1CCc2sc3ncnc(OC4CCC(N(C)C)CC4)c3c21.S. The quantitative estimate of drug-likeness (QED) is 0.527. The van der Waals surface area contributed by atoms with Crippen molar-refractivity contribution in [3.8, 4) is 18.2 Å². The second kappa shape index (κ2) is 9.45. The third-order valence-electron chi connectivity index (χ3n) is 5.85. The molecule has 0 saturated heterocycles. The molecule has 2 aromatic rings. The summed E-state index contributed by atoms with van der Waals surface area (Å²) in [6.07, 6.45) is 13.9. The van der Waals surface area contributed by atoms with Gasteiger partial charge in [-0.3, -0.25) is 0 Å². The van der Waals surface area contributed by atoms with Gasteiger partial charge in [0.1, 0.15) is 23.9 Å². The van der Waals surface area contributed by atoms with Crippen LogP contribution < -0.4 is 4.74 Å². The lowest BCUT2D eigenvalue weighted by Gasteiger charge is -2.32. The van der Waals surface area contributed by atoms with Crippen molar-refractivity contribution in [1.29, 1.82) is 0 Å². The van der Waals surface area contributed by atoms with E-state index in [-0.39, 0.29) is 19.6 Å². The third-order valence-corrected chi connectivity index (χ3v) is 7.03. The number of hydrogen-bond acceptors (Lipinski definition) is 6. The molecule has 7 heteroatoms. The van der Waals surface area contributed by atoms with Crippen LogP contribution in [0.2, 0.25) is 0 Å². The Morgan fingerprint density at radius 1 is 1.21 bits per heavy atom. The minimum absolute atomic E-state index is 0. The number of terminal acetylenes is 1. The zero-order valence-corrected chi connectivity index (χ0v) is 18.4. The Bertz CT molecular complexity index is 838. The lowest BCUT2D eigenvalue weighted by Crippen LogP contribution is -2.35. The molecule has 0 aromatic carbocycles. The first kappa shape index (κ1) is 21.4. The Kier molecular flexibility index (Phi) is 7.21. The first-order valence-electron chi connectivity index (χ1n) is 9.78. The summed E-state index contributed by atoms with van der Waals surface area (Å²) in [5.41, 5.74) is 1.34. The summed E-state index contributed by atoms with van der Waals surface area (Å²) < 4.78 is 12.1. The number of ether oxygens (including phenoxy) is 2. The first-order chi connectivity index (χ1) is 13.2. The monoisotopic (exact) mass is 419 g/mol. The molecule has 0 unspecified atom stereocenters. The van der Waals surface area contributed by atoms with Crippen molar-refractivity contribution in [2.45, 2.75) is 56.6 Å². The molecular formula is C21H29N3O2S2. The molecule has 1 atom stereocenters. The van der Waals surface area contributed by atoms with Gasteiger partial charge in [-0.1, -0.05) is 5.92 Å². The van der Waals surface area contributed by atoms with Gasteiger partial charge < -0.3 is 14.4 Å². The van der Waals surface area contributed by atoms with Crippen LogP contribution in [0.5, 0.6) is 5.88 Å². The fraction of sp³-hybridized carbons (Fsp3) is 0.619. The fourth-order valence-corrected chi connectivity index (χ4v) is 5.63. The molecule has 1 saturated carbocycles. The van der Waals surface area contributed by atoms with Crippen LogP contribution in [0.3, 0.4) is 0 Å². The van der Waals surface area contributed by atoms with Crippen LogP contribution in [0.4, 0.5) is 0 Å². The Morgan fingerprint density at radius 2 is 2.00 bits per heavy atom. The van der Waals surface area contributed by atoms with E-state index in [1.165, 1.54) is 23.3 Å². The molecular weight excluding hydrogens is 390 g/mol. The highest BCUT2D eigenvalue weighted by Crippen LogP contribution is 2.46. The fourth-order valence-electron chi connectivity index (χ4n) is 4.39. The molecule has 0 amide bonds. The van der Waals surface area contributed by atoms with Gasteiger partial charge in [0.05, 0.1) is 12.0 Å². The molecule has 0 spiro atoms. The average Bonchev–Trinajstić information content (AvgIpc) is 3.22. The van der Waals surface area contributed by atoms with Crippen molar-refractivity contribution in [1.82, 2.24) is 14.9 Å². The molecule has 5 nitrogen and oxygen atoms in total. The molecule has 2 aliphatic rings. The maximum Gasteiger partial charge on any atom is 0.225 e. The van der Waals surface area contributed by atoms with Gasteiger partial charge in [0.15, 0.2) is 0 Å². The van der Waals surface area contributed by atoms with Gasteiger partial charge in [-0.05, 0) is 58.2 Å². The van der Waals surface area contributed by atoms with Crippen LogP contribution in [-0.2, 0) is 11.2 Å². The number of aryl methyl sites for hydroxylation is 1. The highest BCUT2D eigenvalue weighted by Gasteiger charge is 2.31. The first-order valence-corrected chi connectivity index (χ1v) is 10.6. The van der Waals surface area contributed by atoms with Crippen LogP contribution >= 0.6 is 24.8 Å². The number of thiophene rings is 1. The van der Waals surface area contributed by atoms with E-state index >= 15 is 0 Å². The molecule has 0 N–H and O–H groups in total. The topological polar surface area (TPSA) is 47.5 Å². The van der Waals surface area contributed by atoms with E-state index < -0.39 is 0 Å². The lowest BCUT2D eigenvalue weighted by atomic mass is 9.92. The number of rotatable bonds is 6. The molecule has 2 aromatic heterocycles. The number of hydrogen-bond donors (Lipinski definition) is 0. The Labute approximate surface area is 178 Å². The zero-order chi connectivity index (χ0) is 18.8. The normalized spacial score (nSPS) is 24.0. The Morgan fingerprint density at radius 3 is 2.71 bits per heavy atom. The highest BCUT2D eigenvalue weighted by molar-refractivity contribution is 7.59. The summed E-state index contributed by atoms with van der Waals surface area (Å²) in [6.45, 7) is 1.02. The standard InChI is InChI=1S/C21H27N3O2S.H2S/c1-4-11-25-12-14-5-10-17-18(14)19-20(22-13-23-21(19)27-17)26-16-8-6-15(7-9-16)24(2)3;/h1,13-16H,5-12H2,2-3H3;1H2/t14-,15?,16?;/m1./s1. The second-order valence-electron chi connectivity index (χ2n) is 7.76. The van der Waals surface area contributed by atoms with Gasteiger partial charge in [0.25, 0.3) is 0 Å². The summed E-state index contributed by atoms with van der Waals surface area (Å²) in [6, 6.07) is 0.665. The van der Waals surface area contributed by atoms with Crippen LogP contribution in [0.25, 0.3) is 10.2 Å². The lowest BCUT2D eigenvalue weighted by molar-refractivity contribution is 0.108. The minimum atomic E-state index is 0. The van der Waals surface area contributed by atoms with E-state index in [2.05, 4.69) is 34.9 Å². The van der Waals surface area contributed by atoms with Crippen molar-refractivity contribution < 1.29 is 9.47 Å². The van der Waals surface area contributed by atoms with Gasteiger partial charge in [-0.15, -0.1) is 17.8 Å². The number of nitrogens with zero attached hydrogens (tertiary/aromatic N) is 3. The van der Waals surface area contributed by atoms with E-state index in [4.69, 9.17) is 15.9 Å². The maximum absolute atomic E-state index is 6.42.